The molecule has 21 heavy (non-hydrogen) atoms. The van der Waals surface area contributed by atoms with Gasteiger partial charge in [0.2, 0.25) is 0 Å². The van der Waals surface area contributed by atoms with Gasteiger partial charge in [0, 0.05) is 16.9 Å². The minimum atomic E-state index is -1.26. The van der Waals surface area contributed by atoms with Crippen LogP contribution in [-0.4, -0.2) is 46.2 Å². The number of carbonyl (C=O) groups is 1. The van der Waals surface area contributed by atoms with Crippen LogP contribution in [0.3, 0.4) is 0 Å². The lowest BCUT2D eigenvalue weighted by atomic mass is 9.59. The Hall–Kier alpha value is -0.910. The third-order valence-corrected chi connectivity index (χ3v) is 6.71. The molecular formula is C16H22O5. The molecule has 5 heteroatoms. The fourth-order valence-electron chi connectivity index (χ4n) is 5.48. The lowest BCUT2D eigenvalue weighted by Gasteiger charge is -2.49. The highest BCUT2D eigenvalue weighted by atomic mass is 16.6. The van der Waals surface area contributed by atoms with Crippen LogP contribution in [0.4, 0.5) is 0 Å². The summed E-state index contributed by atoms with van der Waals surface area (Å²) < 4.78 is 11.0. The Bertz CT molecular complexity index is 541. The molecule has 2 saturated heterocycles. The number of carbonyl (C=O) groups excluding carboxylic acids is 1. The summed E-state index contributed by atoms with van der Waals surface area (Å²) in [5.41, 5.74) is -1.66. The van der Waals surface area contributed by atoms with E-state index in [0.29, 0.717) is 12.0 Å². The van der Waals surface area contributed by atoms with Crippen LogP contribution in [0.25, 0.3) is 0 Å². The molecule has 9 atom stereocenters. The maximum absolute atomic E-state index is 11.9. The van der Waals surface area contributed by atoms with Crippen molar-refractivity contribution in [3.63, 3.8) is 0 Å². The zero-order valence-corrected chi connectivity index (χ0v) is 12.6. The number of aliphatic hydroxyl groups excluding tert-OH is 1. The van der Waals surface area contributed by atoms with E-state index in [0.717, 1.165) is 0 Å². The Morgan fingerprint density at radius 2 is 2.00 bits per heavy atom. The molecule has 0 amide bonds. The number of esters is 1. The van der Waals surface area contributed by atoms with Crippen LogP contribution in [0.2, 0.25) is 0 Å². The highest BCUT2D eigenvalue weighted by molar-refractivity contribution is 5.91. The molecule has 4 fully saturated rings. The van der Waals surface area contributed by atoms with E-state index in [4.69, 9.17) is 9.47 Å². The minimum Gasteiger partial charge on any atom is -0.458 e. The summed E-state index contributed by atoms with van der Waals surface area (Å²) in [6.07, 6.45) is -0.592. The average Bonchev–Trinajstić information content (AvgIpc) is 3.05. The van der Waals surface area contributed by atoms with Crippen molar-refractivity contribution in [3.8, 4) is 0 Å². The van der Waals surface area contributed by atoms with E-state index in [1.807, 2.05) is 6.92 Å². The van der Waals surface area contributed by atoms with Gasteiger partial charge in [-0.05, 0) is 19.3 Å². The molecule has 2 saturated carbocycles. The van der Waals surface area contributed by atoms with E-state index in [2.05, 4.69) is 13.5 Å². The zero-order valence-electron chi connectivity index (χ0n) is 12.6. The maximum Gasteiger partial charge on any atom is 0.334 e. The maximum atomic E-state index is 11.9. The second-order valence-corrected chi connectivity index (χ2v) is 7.63. The van der Waals surface area contributed by atoms with Gasteiger partial charge in [-0.15, -0.1) is 0 Å². The number of aliphatic hydroxyl groups is 2. The Morgan fingerprint density at radius 1 is 1.33 bits per heavy atom. The molecule has 2 aliphatic carbocycles. The van der Waals surface area contributed by atoms with Gasteiger partial charge < -0.3 is 19.7 Å². The highest BCUT2D eigenvalue weighted by Crippen LogP contribution is 2.66. The third kappa shape index (κ3) is 1.36. The molecular weight excluding hydrogens is 272 g/mol. The molecule has 0 aromatic rings. The van der Waals surface area contributed by atoms with E-state index < -0.39 is 29.0 Å². The van der Waals surface area contributed by atoms with Crippen LogP contribution < -0.4 is 0 Å². The van der Waals surface area contributed by atoms with Gasteiger partial charge in [-0.25, -0.2) is 4.79 Å². The van der Waals surface area contributed by atoms with Gasteiger partial charge in [0.15, 0.2) is 0 Å². The first-order valence-corrected chi connectivity index (χ1v) is 7.67. The number of fused-ring (bicyclic) bond motifs is 4. The van der Waals surface area contributed by atoms with Crippen molar-refractivity contribution in [2.75, 3.05) is 0 Å². The molecule has 0 unspecified atom stereocenters. The Balaban J connectivity index is 1.86. The Labute approximate surface area is 123 Å². The minimum absolute atomic E-state index is 0.00858. The summed E-state index contributed by atoms with van der Waals surface area (Å²) in [4.78, 5) is 11.9. The van der Waals surface area contributed by atoms with Crippen molar-refractivity contribution < 1.29 is 24.5 Å². The van der Waals surface area contributed by atoms with Crippen molar-refractivity contribution in [2.24, 2.45) is 23.2 Å². The smallest absolute Gasteiger partial charge is 0.334 e. The quantitative estimate of drug-likeness (QED) is 0.389. The Kier molecular flexibility index (Phi) is 2.42. The van der Waals surface area contributed by atoms with Crippen molar-refractivity contribution in [3.05, 3.63) is 12.2 Å². The summed E-state index contributed by atoms with van der Waals surface area (Å²) in [6.45, 7) is 9.57. The van der Waals surface area contributed by atoms with Crippen LogP contribution in [0, 0.1) is 23.2 Å². The normalized spacial score (nSPS) is 61.7. The number of hydrogen-bond acceptors (Lipinski definition) is 5. The monoisotopic (exact) mass is 294 g/mol. The van der Waals surface area contributed by atoms with Crippen LogP contribution in [0.5, 0.6) is 0 Å². The number of rotatable bonds is 0. The van der Waals surface area contributed by atoms with Crippen LogP contribution in [-0.2, 0) is 14.3 Å². The molecule has 2 heterocycles. The first-order chi connectivity index (χ1) is 9.71. The molecule has 0 aromatic heterocycles. The predicted octanol–water partition coefficient (Wildman–Crippen LogP) is 0.639. The largest absolute Gasteiger partial charge is 0.458 e. The molecule has 116 valence electrons. The summed E-state index contributed by atoms with van der Waals surface area (Å²) in [7, 11) is 0. The van der Waals surface area contributed by atoms with E-state index in [-0.39, 0.29) is 30.1 Å². The first-order valence-electron chi connectivity index (χ1n) is 7.67. The zero-order chi connectivity index (χ0) is 15.3. The van der Waals surface area contributed by atoms with Crippen LogP contribution in [0.1, 0.15) is 27.2 Å². The van der Waals surface area contributed by atoms with E-state index >= 15 is 0 Å². The molecule has 5 nitrogen and oxygen atoms in total. The lowest BCUT2D eigenvalue weighted by molar-refractivity contribution is -0.180. The van der Waals surface area contributed by atoms with Crippen LogP contribution in [0.15, 0.2) is 12.2 Å². The Morgan fingerprint density at radius 3 is 2.67 bits per heavy atom. The van der Waals surface area contributed by atoms with Crippen molar-refractivity contribution in [1.82, 2.24) is 0 Å². The fourth-order valence-corrected chi connectivity index (χ4v) is 5.48. The van der Waals surface area contributed by atoms with Gasteiger partial charge in [0.05, 0.1) is 23.7 Å². The van der Waals surface area contributed by atoms with Gasteiger partial charge in [-0.2, -0.15) is 0 Å². The molecule has 0 spiro atoms. The van der Waals surface area contributed by atoms with E-state index in [9.17, 15) is 15.0 Å². The first kappa shape index (κ1) is 13.7. The van der Waals surface area contributed by atoms with Crippen molar-refractivity contribution >= 4 is 5.97 Å². The molecule has 2 aliphatic heterocycles. The standard InChI is InChI=1S/C16H22O5/c1-6-5-8-10(7(2)14(18)20-8)16(4,19)15(3)9(6)11-12(21-11)13(15)17/h6,8-13,17,19H,2,5H2,1,3-4H3/t6-,8-,9-,10-,11-,12-,13+,15+,16+/m1/s1. The second kappa shape index (κ2) is 3.70. The second-order valence-electron chi connectivity index (χ2n) is 7.63. The molecule has 0 aromatic carbocycles. The fraction of sp³-hybridized carbons (Fsp3) is 0.812. The van der Waals surface area contributed by atoms with Gasteiger partial charge in [-0.3, -0.25) is 0 Å². The molecule has 4 rings (SSSR count). The highest BCUT2D eigenvalue weighted by Gasteiger charge is 2.76. The summed E-state index contributed by atoms with van der Waals surface area (Å²) in [6, 6.07) is 0. The summed E-state index contributed by atoms with van der Waals surface area (Å²) in [5, 5.41) is 22.1. The average molecular weight is 294 g/mol. The number of ether oxygens (including phenoxy) is 2. The topological polar surface area (TPSA) is 79.3 Å². The van der Waals surface area contributed by atoms with Gasteiger partial charge in [0.25, 0.3) is 0 Å². The molecule has 0 radical (unpaired) electrons. The lowest BCUT2D eigenvalue weighted by Crippen LogP contribution is -2.59. The van der Waals surface area contributed by atoms with Crippen LogP contribution >= 0.6 is 0 Å². The number of epoxide rings is 1. The van der Waals surface area contributed by atoms with E-state index in [1.54, 1.807) is 6.92 Å². The third-order valence-electron chi connectivity index (χ3n) is 6.71. The number of hydrogen-bond donors (Lipinski definition) is 2. The predicted molar refractivity (Wildman–Crippen MR) is 73.2 cm³/mol. The van der Waals surface area contributed by atoms with Gasteiger partial charge in [0.1, 0.15) is 12.2 Å². The van der Waals surface area contributed by atoms with Crippen molar-refractivity contribution in [1.29, 1.82) is 0 Å². The van der Waals surface area contributed by atoms with Crippen molar-refractivity contribution in [2.45, 2.75) is 57.2 Å². The molecule has 0 bridgehead atoms. The van der Waals surface area contributed by atoms with Gasteiger partial charge >= 0.3 is 5.97 Å². The summed E-state index contributed by atoms with van der Waals surface area (Å²) >= 11 is 0. The molecule has 4 aliphatic rings. The van der Waals surface area contributed by atoms with E-state index in [1.165, 1.54) is 0 Å². The summed E-state index contributed by atoms with van der Waals surface area (Å²) in [5.74, 6) is -0.630. The SMILES string of the molecule is C=C1C(=O)O[C@@H]2C[C@@H](C)[C@@H]3[C@H]4O[C@H]4[C@H](O)[C@@]3(C)[C@@](C)(O)[C@H]12. The molecule has 2 N–H and O–H groups in total. The van der Waals surface area contributed by atoms with Gasteiger partial charge in [-0.1, -0.05) is 20.4 Å².